The number of likely N-dealkylation sites (tertiary alicyclic amines) is 1. The van der Waals surface area contributed by atoms with Gasteiger partial charge < -0.3 is 36.5 Å². The molecule has 11 heteroatoms. The first-order valence-electron chi connectivity index (χ1n) is 10.3. The molecule has 2 heterocycles. The highest BCUT2D eigenvalue weighted by Gasteiger charge is 2.38. The molecule has 32 heavy (non-hydrogen) atoms. The number of rotatable bonds is 9. The van der Waals surface area contributed by atoms with Crippen molar-refractivity contribution in [3.05, 3.63) is 36.0 Å². The fourth-order valence-electron chi connectivity index (χ4n) is 3.93. The number of para-hydroxylation sites is 1. The highest BCUT2D eigenvalue weighted by atomic mass is 16.4. The van der Waals surface area contributed by atoms with E-state index in [9.17, 15) is 29.4 Å². The van der Waals surface area contributed by atoms with Crippen LogP contribution in [0.3, 0.4) is 0 Å². The Morgan fingerprint density at radius 2 is 1.94 bits per heavy atom. The third-order valence-electron chi connectivity index (χ3n) is 5.55. The monoisotopic (exact) mass is 445 g/mol. The Labute approximate surface area is 183 Å². The molecule has 3 rings (SSSR count). The molecule has 1 aliphatic rings. The number of aliphatic carboxylic acids is 1. The quantitative estimate of drug-likeness (QED) is 0.278. The molecule has 0 saturated carbocycles. The number of hydrogen-bond acceptors (Lipinski definition) is 6. The lowest BCUT2D eigenvalue weighted by Gasteiger charge is -2.28. The van der Waals surface area contributed by atoms with Crippen molar-refractivity contribution < 1.29 is 29.4 Å². The summed E-state index contributed by atoms with van der Waals surface area (Å²) in [4.78, 5) is 53.4. The molecule has 0 bridgehead atoms. The summed E-state index contributed by atoms with van der Waals surface area (Å²) >= 11 is 0. The number of carbonyl (C=O) groups is 4. The maximum Gasteiger partial charge on any atom is 0.326 e. The lowest BCUT2D eigenvalue weighted by molar-refractivity contribution is -0.145. The Morgan fingerprint density at radius 3 is 2.62 bits per heavy atom. The maximum absolute atomic E-state index is 12.9. The van der Waals surface area contributed by atoms with E-state index in [4.69, 9.17) is 5.73 Å². The molecular weight excluding hydrogens is 418 g/mol. The second kappa shape index (κ2) is 10.2. The van der Waals surface area contributed by atoms with E-state index in [-0.39, 0.29) is 19.5 Å². The lowest BCUT2D eigenvalue weighted by atomic mass is 10.0. The van der Waals surface area contributed by atoms with Gasteiger partial charge in [-0.2, -0.15) is 0 Å². The summed E-state index contributed by atoms with van der Waals surface area (Å²) in [5.74, 6) is -3.01. The number of nitrogens with zero attached hydrogens (tertiary/aromatic N) is 1. The Bertz CT molecular complexity index is 1010. The van der Waals surface area contributed by atoms with Crippen LogP contribution in [0.25, 0.3) is 10.9 Å². The molecule has 2 aromatic rings. The normalized spacial score (nSPS) is 17.7. The number of carboxylic acid groups (broad SMARTS) is 1. The van der Waals surface area contributed by atoms with E-state index in [1.165, 1.54) is 4.90 Å². The number of aliphatic hydroxyl groups is 1. The van der Waals surface area contributed by atoms with Gasteiger partial charge in [-0.15, -0.1) is 0 Å². The zero-order chi connectivity index (χ0) is 23.3. The molecule has 1 aromatic heterocycles. The van der Waals surface area contributed by atoms with Gasteiger partial charge in [0.25, 0.3) is 0 Å². The summed E-state index contributed by atoms with van der Waals surface area (Å²) in [7, 11) is 0. The maximum atomic E-state index is 12.9. The molecule has 172 valence electrons. The van der Waals surface area contributed by atoms with Crippen molar-refractivity contribution in [1.82, 2.24) is 20.5 Å². The van der Waals surface area contributed by atoms with E-state index < -0.39 is 48.4 Å². The fourth-order valence-corrected chi connectivity index (χ4v) is 3.93. The van der Waals surface area contributed by atoms with Crippen molar-refractivity contribution >= 4 is 34.6 Å². The molecular formula is C21H27N5O6. The largest absolute Gasteiger partial charge is 0.480 e. The second-order valence-electron chi connectivity index (χ2n) is 7.66. The number of benzene rings is 1. The standard InChI is InChI=1S/C21H27N5O6/c22-9-18(28)24-16(11-27)20(30)26-7-3-6-17(26)19(29)25-15(21(31)32)8-12-10-23-14-5-2-1-4-13(12)14/h1-2,4-5,10,15-17,23,27H,3,6-9,11,22H2,(H,24,28)(H,25,29)(H,31,32). The molecule has 1 aromatic carbocycles. The number of nitrogens with one attached hydrogen (secondary N) is 3. The summed E-state index contributed by atoms with van der Waals surface area (Å²) in [6.45, 7) is -0.734. The van der Waals surface area contributed by atoms with Gasteiger partial charge in [0.2, 0.25) is 17.7 Å². The van der Waals surface area contributed by atoms with Crippen LogP contribution in [0.1, 0.15) is 18.4 Å². The van der Waals surface area contributed by atoms with Crippen molar-refractivity contribution in [2.45, 2.75) is 37.4 Å². The van der Waals surface area contributed by atoms with Gasteiger partial charge >= 0.3 is 5.97 Å². The number of amides is 3. The van der Waals surface area contributed by atoms with Crippen molar-refractivity contribution in [3.63, 3.8) is 0 Å². The topological polar surface area (TPSA) is 178 Å². The smallest absolute Gasteiger partial charge is 0.326 e. The average molecular weight is 445 g/mol. The lowest BCUT2D eigenvalue weighted by Crippen LogP contribution is -2.57. The Kier molecular flexibility index (Phi) is 7.44. The molecule has 0 aliphatic carbocycles. The van der Waals surface area contributed by atoms with Gasteiger partial charge in [-0.3, -0.25) is 14.4 Å². The van der Waals surface area contributed by atoms with Gasteiger partial charge in [-0.25, -0.2) is 4.79 Å². The molecule has 7 N–H and O–H groups in total. The number of carboxylic acids is 1. The number of H-pyrrole nitrogens is 1. The van der Waals surface area contributed by atoms with Gasteiger partial charge in [0.05, 0.1) is 13.2 Å². The van der Waals surface area contributed by atoms with Crippen molar-refractivity contribution in [2.24, 2.45) is 5.73 Å². The van der Waals surface area contributed by atoms with Crippen LogP contribution in [0, 0.1) is 0 Å². The minimum atomic E-state index is -1.22. The summed E-state index contributed by atoms with van der Waals surface area (Å²) < 4.78 is 0. The van der Waals surface area contributed by atoms with Crippen molar-refractivity contribution in [3.8, 4) is 0 Å². The van der Waals surface area contributed by atoms with Crippen LogP contribution in [0.4, 0.5) is 0 Å². The SMILES string of the molecule is NCC(=O)NC(CO)C(=O)N1CCCC1C(=O)NC(Cc1c[nH]c2ccccc12)C(=O)O. The first-order valence-corrected chi connectivity index (χ1v) is 10.3. The molecule has 3 unspecified atom stereocenters. The number of aromatic amines is 1. The number of hydrogen-bond donors (Lipinski definition) is 6. The minimum Gasteiger partial charge on any atom is -0.480 e. The number of aliphatic hydroxyl groups excluding tert-OH is 1. The molecule has 11 nitrogen and oxygen atoms in total. The third-order valence-corrected chi connectivity index (χ3v) is 5.55. The average Bonchev–Trinajstić information content (AvgIpc) is 3.44. The highest BCUT2D eigenvalue weighted by molar-refractivity contribution is 5.94. The van der Waals surface area contributed by atoms with Gasteiger partial charge in [0.15, 0.2) is 0 Å². The predicted molar refractivity (Wildman–Crippen MR) is 114 cm³/mol. The molecule has 3 atom stereocenters. The molecule has 1 saturated heterocycles. The van der Waals surface area contributed by atoms with E-state index in [1.807, 2.05) is 24.3 Å². The van der Waals surface area contributed by atoms with Crippen molar-refractivity contribution in [1.29, 1.82) is 0 Å². The van der Waals surface area contributed by atoms with E-state index in [2.05, 4.69) is 15.6 Å². The van der Waals surface area contributed by atoms with Crippen molar-refractivity contribution in [2.75, 3.05) is 19.7 Å². The Morgan fingerprint density at radius 1 is 1.19 bits per heavy atom. The van der Waals surface area contributed by atoms with Crippen LogP contribution < -0.4 is 16.4 Å². The molecule has 0 spiro atoms. The van der Waals surface area contributed by atoms with Gasteiger partial charge in [-0.05, 0) is 24.5 Å². The molecule has 1 aliphatic heterocycles. The first kappa shape index (κ1) is 23.2. The first-order chi connectivity index (χ1) is 15.3. The number of carbonyl (C=O) groups excluding carboxylic acids is 3. The van der Waals surface area contributed by atoms with E-state index in [1.54, 1.807) is 6.20 Å². The van der Waals surface area contributed by atoms with Gasteiger partial charge in [0.1, 0.15) is 18.1 Å². The number of aromatic nitrogens is 1. The Hall–Kier alpha value is -3.44. The highest BCUT2D eigenvalue weighted by Crippen LogP contribution is 2.21. The van der Waals surface area contributed by atoms with Crippen LogP contribution >= 0.6 is 0 Å². The Balaban J connectivity index is 1.70. The summed E-state index contributed by atoms with van der Waals surface area (Å²) in [5.41, 5.74) is 6.85. The summed E-state index contributed by atoms with van der Waals surface area (Å²) in [5, 5.41) is 24.9. The summed E-state index contributed by atoms with van der Waals surface area (Å²) in [6.07, 6.45) is 2.66. The van der Waals surface area contributed by atoms with Gasteiger partial charge in [-0.1, -0.05) is 18.2 Å². The van der Waals surface area contributed by atoms with Crippen LogP contribution in [-0.4, -0.2) is 81.6 Å². The third kappa shape index (κ3) is 5.06. The number of fused-ring (bicyclic) bond motifs is 1. The zero-order valence-corrected chi connectivity index (χ0v) is 17.4. The fraction of sp³-hybridized carbons (Fsp3) is 0.429. The van der Waals surface area contributed by atoms with Crippen LogP contribution in [-0.2, 0) is 25.6 Å². The second-order valence-corrected chi connectivity index (χ2v) is 7.66. The van der Waals surface area contributed by atoms with Gasteiger partial charge in [0, 0.05) is 30.1 Å². The summed E-state index contributed by atoms with van der Waals surface area (Å²) in [6, 6.07) is 4.14. The zero-order valence-electron chi connectivity index (χ0n) is 17.4. The predicted octanol–water partition coefficient (Wildman–Crippen LogP) is -1.29. The number of nitrogens with two attached hydrogens (primary N) is 1. The molecule has 1 fully saturated rings. The molecule has 3 amide bonds. The van der Waals surface area contributed by atoms with E-state index in [0.29, 0.717) is 12.8 Å². The van der Waals surface area contributed by atoms with E-state index in [0.717, 1.165) is 16.5 Å². The van der Waals surface area contributed by atoms with E-state index >= 15 is 0 Å². The minimum absolute atomic E-state index is 0.0670. The van der Waals surface area contributed by atoms with Crippen LogP contribution in [0.2, 0.25) is 0 Å². The van der Waals surface area contributed by atoms with Crippen LogP contribution in [0.5, 0.6) is 0 Å². The molecule has 0 radical (unpaired) electrons. The van der Waals surface area contributed by atoms with Crippen LogP contribution in [0.15, 0.2) is 30.5 Å².